The second kappa shape index (κ2) is 9.81. The Bertz CT molecular complexity index is 1320. The van der Waals surface area contributed by atoms with Crippen LogP contribution in [-0.2, 0) is 11.3 Å². The fourth-order valence-corrected chi connectivity index (χ4v) is 5.69. The first kappa shape index (κ1) is 25.2. The molecule has 0 radical (unpaired) electrons. The molecule has 2 amide bonds. The molecule has 1 fully saturated rings. The van der Waals surface area contributed by atoms with E-state index in [1.807, 2.05) is 45.0 Å². The molecule has 194 valence electrons. The SMILES string of the molecule is Cc1ccc(C)c(N2C(=O)c3cc(-c4ccc(C(C)C)cc4)nn3C[C@@]2(C)C(=O)NC2CCCCC2)c1. The molecule has 37 heavy (non-hydrogen) atoms. The van der Waals surface area contributed by atoms with Crippen molar-refractivity contribution >= 4 is 17.5 Å². The Morgan fingerprint density at radius 2 is 1.73 bits per heavy atom. The minimum absolute atomic E-state index is 0.113. The second-order valence-corrected chi connectivity index (χ2v) is 11.4. The van der Waals surface area contributed by atoms with Crippen LogP contribution < -0.4 is 10.2 Å². The molecule has 1 saturated carbocycles. The van der Waals surface area contributed by atoms with Crippen LogP contribution in [0.4, 0.5) is 5.69 Å². The van der Waals surface area contributed by atoms with E-state index in [1.165, 1.54) is 12.0 Å². The van der Waals surface area contributed by atoms with Gasteiger partial charge in [0.15, 0.2) is 0 Å². The number of hydrogen-bond acceptors (Lipinski definition) is 3. The van der Waals surface area contributed by atoms with Crippen LogP contribution in [0.15, 0.2) is 48.5 Å². The van der Waals surface area contributed by atoms with Crippen LogP contribution in [0.3, 0.4) is 0 Å². The third-order valence-corrected chi connectivity index (χ3v) is 8.06. The third kappa shape index (κ3) is 4.70. The molecule has 2 heterocycles. The number of fused-ring (bicyclic) bond motifs is 1. The number of anilines is 1. The maximum Gasteiger partial charge on any atom is 0.277 e. The Labute approximate surface area is 220 Å². The minimum Gasteiger partial charge on any atom is -0.351 e. The molecular weight excluding hydrogens is 460 g/mol. The number of nitrogens with one attached hydrogen (secondary N) is 1. The average molecular weight is 499 g/mol. The molecule has 1 atom stereocenters. The van der Waals surface area contributed by atoms with Crippen LogP contribution in [-0.4, -0.2) is 33.2 Å². The molecule has 0 bridgehead atoms. The van der Waals surface area contributed by atoms with Crippen molar-refractivity contribution in [1.29, 1.82) is 0 Å². The smallest absolute Gasteiger partial charge is 0.277 e. The number of nitrogens with zero attached hydrogens (tertiary/aromatic N) is 3. The number of aromatic nitrogens is 2. The predicted molar refractivity (Wildman–Crippen MR) is 148 cm³/mol. The molecule has 5 rings (SSSR count). The Balaban J connectivity index is 1.56. The number of rotatable bonds is 5. The summed E-state index contributed by atoms with van der Waals surface area (Å²) in [6, 6.07) is 16.4. The maximum atomic E-state index is 14.2. The van der Waals surface area contributed by atoms with Crippen molar-refractivity contribution in [3.05, 3.63) is 70.9 Å². The van der Waals surface area contributed by atoms with Crippen molar-refractivity contribution in [3.63, 3.8) is 0 Å². The molecule has 2 aromatic carbocycles. The van der Waals surface area contributed by atoms with E-state index in [-0.39, 0.29) is 17.9 Å². The van der Waals surface area contributed by atoms with E-state index in [0.717, 1.165) is 53.8 Å². The van der Waals surface area contributed by atoms with Crippen molar-refractivity contribution in [2.45, 2.75) is 90.8 Å². The summed E-state index contributed by atoms with van der Waals surface area (Å²) in [7, 11) is 0. The largest absolute Gasteiger partial charge is 0.351 e. The Hall–Kier alpha value is -3.41. The lowest BCUT2D eigenvalue weighted by Crippen LogP contribution is -2.65. The van der Waals surface area contributed by atoms with Gasteiger partial charge >= 0.3 is 0 Å². The van der Waals surface area contributed by atoms with Gasteiger partial charge in [-0.05, 0) is 68.4 Å². The predicted octanol–water partition coefficient (Wildman–Crippen LogP) is 6.16. The van der Waals surface area contributed by atoms with E-state index in [1.54, 1.807) is 9.58 Å². The zero-order chi connectivity index (χ0) is 26.3. The molecule has 6 nitrogen and oxygen atoms in total. The number of benzene rings is 2. The van der Waals surface area contributed by atoms with Crippen molar-refractivity contribution in [1.82, 2.24) is 15.1 Å². The summed E-state index contributed by atoms with van der Waals surface area (Å²) in [4.78, 5) is 29.8. The topological polar surface area (TPSA) is 67.2 Å². The Morgan fingerprint density at radius 1 is 1.03 bits per heavy atom. The minimum atomic E-state index is -1.11. The van der Waals surface area contributed by atoms with E-state index < -0.39 is 5.54 Å². The van der Waals surface area contributed by atoms with Gasteiger partial charge in [0.25, 0.3) is 5.91 Å². The number of amides is 2. The number of carbonyl (C=O) groups is 2. The summed E-state index contributed by atoms with van der Waals surface area (Å²) in [6.07, 6.45) is 5.45. The van der Waals surface area contributed by atoms with Gasteiger partial charge in [0.1, 0.15) is 11.2 Å². The van der Waals surface area contributed by atoms with Crippen LogP contribution in [0.1, 0.15) is 86.0 Å². The molecule has 0 spiro atoms. The third-order valence-electron chi connectivity index (χ3n) is 8.06. The van der Waals surface area contributed by atoms with Crippen molar-refractivity contribution in [2.24, 2.45) is 0 Å². The lowest BCUT2D eigenvalue weighted by molar-refractivity contribution is -0.127. The molecule has 1 aromatic heterocycles. The molecular formula is C31H38N4O2. The van der Waals surface area contributed by atoms with Gasteiger partial charge < -0.3 is 5.32 Å². The van der Waals surface area contributed by atoms with E-state index in [2.05, 4.69) is 43.4 Å². The van der Waals surface area contributed by atoms with E-state index in [0.29, 0.717) is 18.2 Å². The summed E-state index contributed by atoms with van der Waals surface area (Å²) in [6.45, 7) is 10.5. The van der Waals surface area contributed by atoms with Gasteiger partial charge in [0, 0.05) is 17.3 Å². The normalized spacial score (nSPS) is 20.3. The van der Waals surface area contributed by atoms with E-state index in [9.17, 15) is 9.59 Å². The van der Waals surface area contributed by atoms with Gasteiger partial charge in [-0.15, -0.1) is 0 Å². The summed E-state index contributed by atoms with van der Waals surface area (Å²) in [5.41, 5.74) is 5.17. The van der Waals surface area contributed by atoms with Gasteiger partial charge in [-0.2, -0.15) is 5.10 Å². The fourth-order valence-electron chi connectivity index (χ4n) is 5.69. The molecule has 3 aromatic rings. The van der Waals surface area contributed by atoms with Crippen LogP contribution in [0.25, 0.3) is 11.3 Å². The lowest BCUT2D eigenvalue weighted by Gasteiger charge is -2.44. The summed E-state index contributed by atoms with van der Waals surface area (Å²) < 4.78 is 1.73. The molecule has 6 heteroatoms. The highest BCUT2D eigenvalue weighted by Crippen LogP contribution is 2.36. The van der Waals surface area contributed by atoms with Crippen molar-refractivity contribution in [3.8, 4) is 11.3 Å². The summed E-state index contributed by atoms with van der Waals surface area (Å²) >= 11 is 0. The molecule has 0 unspecified atom stereocenters. The highest BCUT2D eigenvalue weighted by atomic mass is 16.2. The van der Waals surface area contributed by atoms with Crippen LogP contribution in [0, 0.1) is 13.8 Å². The van der Waals surface area contributed by atoms with Gasteiger partial charge in [0.2, 0.25) is 5.91 Å². The van der Waals surface area contributed by atoms with Crippen LogP contribution >= 0.6 is 0 Å². The zero-order valence-electron chi connectivity index (χ0n) is 22.7. The molecule has 0 saturated heterocycles. The Morgan fingerprint density at radius 3 is 2.41 bits per heavy atom. The summed E-state index contributed by atoms with van der Waals surface area (Å²) in [5, 5.41) is 8.12. The van der Waals surface area contributed by atoms with Gasteiger partial charge in [-0.1, -0.05) is 69.5 Å². The average Bonchev–Trinajstić information content (AvgIpc) is 3.31. The highest BCUT2D eigenvalue weighted by Gasteiger charge is 2.49. The first-order valence-electron chi connectivity index (χ1n) is 13.6. The lowest BCUT2D eigenvalue weighted by atomic mass is 9.90. The number of carbonyl (C=O) groups excluding carboxylic acids is 2. The fraction of sp³-hybridized carbons (Fsp3) is 0.452. The second-order valence-electron chi connectivity index (χ2n) is 11.4. The van der Waals surface area contributed by atoms with E-state index in [4.69, 9.17) is 5.10 Å². The standard InChI is InChI=1S/C31H38N4O2/c1-20(2)23-13-15-24(16-14-23)26-18-28-29(36)35(27-17-21(3)11-12-22(27)4)31(5,19-34(28)33-26)30(37)32-25-9-7-6-8-10-25/h11-18,20,25H,6-10,19H2,1-5H3,(H,32,37)/t31-/m0/s1. The zero-order valence-corrected chi connectivity index (χ0v) is 22.7. The van der Waals surface area contributed by atoms with Crippen LogP contribution in [0.5, 0.6) is 0 Å². The number of hydrogen-bond donors (Lipinski definition) is 1. The van der Waals surface area contributed by atoms with Gasteiger partial charge in [0.05, 0.1) is 12.2 Å². The van der Waals surface area contributed by atoms with Crippen LogP contribution in [0.2, 0.25) is 0 Å². The molecule has 1 aliphatic heterocycles. The maximum absolute atomic E-state index is 14.2. The monoisotopic (exact) mass is 498 g/mol. The highest BCUT2D eigenvalue weighted by molar-refractivity contribution is 6.12. The molecule has 2 aliphatic rings. The first-order chi connectivity index (χ1) is 17.7. The first-order valence-corrected chi connectivity index (χ1v) is 13.6. The van der Waals surface area contributed by atoms with Gasteiger partial charge in [-0.25, -0.2) is 0 Å². The quantitative estimate of drug-likeness (QED) is 0.458. The van der Waals surface area contributed by atoms with Gasteiger partial charge in [-0.3, -0.25) is 19.2 Å². The number of aryl methyl sites for hydroxylation is 2. The molecule has 1 N–H and O–H groups in total. The van der Waals surface area contributed by atoms with Crippen molar-refractivity contribution < 1.29 is 9.59 Å². The van der Waals surface area contributed by atoms with Crippen molar-refractivity contribution in [2.75, 3.05) is 4.90 Å². The Kier molecular flexibility index (Phi) is 6.69. The molecule has 1 aliphatic carbocycles. The summed E-state index contributed by atoms with van der Waals surface area (Å²) in [5.74, 6) is 0.136. The van der Waals surface area contributed by atoms with E-state index >= 15 is 0 Å².